The maximum atomic E-state index is 11.3. The smallest absolute Gasteiger partial charge is 0.354 e. The van der Waals surface area contributed by atoms with Gasteiger partial charge in [-0.1, -0.05) is 6.07 Å². The van der Waals surface area contributed by atoms with Crippen molar-refractivity contribution in [2.24, 2.45) is 0 Å². The topological polar surface area (TPSA) is 75.1 Å². The van der Waals surface area contributed by atoms with Crippen LogP contribution in [0.2, 0.25) is 0 Å². The molecule has 0 amide bonds. The number of aromatic carboxylic acids is 1. The summed E-state index contributed by atoms with van der Waals surface area (Å²) < 4.78 is 0. The van der Waals surface area contributed by atoms with Gasteiger partial charge in [0.25, 0.3) is 0 Å². The Kier molecular flexibility index (Phi) is 3.27. The van der Waals surface area contributed by atoms with Gasteiger partial charge in [0.1, 0.15) is 5.82 Å². The quantitative estimate of drug-likeness (QED) is 0.887. The van der Waals surface area contributed by atoms with Gasteiger partial charge in [-0.05, 0) is 24.4 Å². The monoisotopic (exact) mass is 275 g/mol. The molecule has 0 saturated heterocycles. The van der Waals surface area contributed by atoms with Gasteiger partial charge in [-0.2, -0.15) is 0 Å². The normalized spacial score (nSPS) is 14.1. The molecule has 6 heteroatoms. The highest BCUT2D eigenvalue weighted by Gasteiger charge is 2.21. The van der Waals surface area contributed by atoms with Crippen LogP contribution < -0.4 is 5.32 Å². The summed E-state index contributed by atoms with van der Waals surface area (Å²) in [5, 5.41) is 14.5. The third-order valence-corrected chi connectivity index (χ3v) is 3.97. The molecule has 5 nitrogen and oxygen atoms in total. The van der Waals surface area contributed by atoms with E-state index in [2.05, 4.69) is 15.3 Å². The molecule has 2 N–H and O–H groups in total. The van der Waals surface area contributed by atoms with Crippen molar-refractivity contribution in [2.45, 2.75) is 19.4 Å². The molecule has 1 aliphatic heterocycles. The standard InChI is InChI=1S/C13H13N3O2S/c17-13(18)12-9-3-4-14-7-10(9)15-11(16-12)6-8-2-1-5-19-8/h1-2,5,14H,3-4,6-7H2,(H,17,18). The summed E-state index contributed by atoms with van der Waals surface area (Å²) in [7, 11) is 0. The Bertz CT molecular complexity index is 611. The first kappa shape index (κ1) is 12.3. The van der Waals surface area contributed by atoms with Gasteiger partial charge in [0.2, 0.25) is 0 Å². The summed E-state index contributed by atoms with van der Waals surface area (Å²) in [5.74, 6) is -0.379. The maximum Gasteiger partial charge on any atom is 0.354 e. The van der Waals surface area contributed by atoms with Crippen molar-refractivity contribution < 1.29 is 9.90 Å². The van der Waals surface area contributed by atoms with Crippen molar-refractivity contribution in [3.8, 4) is 0 Å². The fourth-order valence-electron chi connectivity index (χ4n) is 2.24. The molecule has 0 aliphatic carbocycles. The molecule has 3 heterocycles. The SMILES string of the molecule is O=C(O)c1nc(Cc2cccs2)nc2c1CCNC2. The molecule has 98 valence electrons. The van der Waals surface area contributed by atoms with Crippen molar-refractivity contribution in [3.63, 3.8) is 0 Å². The highest BCUT2D eigenvalue weighted by molar-refractivity contribution is 7.09. The molecule has 0 fully saturated rings. The summed E-state index contributed by atoms with van der Waals surface area (Å²) in [6, 6.07) is 3.98. The van der Waals surface area contributed by atoms with Crippen molar-refractivity contribution in [1.29, 1.82) is 0 Å². The van der Waals surface area contributed by atoms with E-state index < -0.39 is 5.97 Å². The van der Waals surface area contributed by atoms with Crippen LogP contribution in [0.25, 0.3) is 0 Å². The Morgan fingerprint density at radius 1 is 1.47 bits per heavy atom. The van der Waals surface area contributed by atoms with E-state index >= 15 is 0 Å². The van der Waals surface area contributed by atoms with Crippen LogP contribution in [0.15, 0.2) is 17.5 Å². The molecule has 3 rings (SSSR count). The van der Waals surface area contributed by atoms with Gasteiger partial charge >= 0.3 is 5.97 Å². The maximum absolute atomic E-state index is 11.3. The molecule has 0 unspecified atom stereocenters. The zero-order chi connectivity index (χ0) is 13.2. The fraction of sp³-hybridized carbons (Fsp3) is 0.308. The summed E-state index contributed by atoms with van der Waals surface area (Å²) in [6.07, 6.45) is 1.27. The number of thiophene rings is 1. The van der Waals surface area contributed by atoms with E-state index in [1.807, 2.05) is 17.5 Å². The van der Waals surface area contributed by atoms with Crippen molar-refractivity contribution in [3.05, 3.63) is 45.2 Å². The lowest BCUT2D eigenvalue weighted by atomic mass is 10.0. The predicted molar refractivity (Wildman–Crippen MR) is 71.5 cm³/mol. The van der Waals surface area contributed by atoms with E-state index in [1.54, 1.807) is 11.3 Å². The number of carboxylic acids is 1. The van der Waals surface area contributed by atoms with E-state index in [0.29, 0.717) is 25.2 Å². The Morgan fingerprint density at radius 3 is 3.11 bits per heavy atom. The van der Waals surface area contributed by atoms with E-state index in [9.17, 15) is 9.90 Å². The summed E-state index contributed by atoms with van der Waals surface area (Å²) >= 11 is 1.63. The van der Waals surface area contributed by atoms with Crippen LogP contribution >= 0.6 is 11.3 Å². The first-order valence-electron chi connectivity index (χ1n) is 6.09. The van der Waals surface area contributed by atoms with E-state index in [4.69, 9.17) is 0 Å². The highest BCUT2D eigenvalue weighted by atomic mass is 32.1. The average Bonchev–Trinajstić information content (AvgIpc) is 2.90. The number of hydrogen-bond acceptors (Lipinski definition) is 5. The lowest BCUT2D eigenvalue weighted by Gasteiger charge is -2.18. The number of nitrogens with one attached hydrogen (secondary N) is 1. The van der Waals surface area contributed by atoms with Gasteiger partial charge in [0.05, 0.1) is 5.69 Å². The van der Waals surface area contributed by atoms with Crippen molar-refractivity contribution in [2.75, 3.05) is 6.54 Å². The lowest BCUT2D eigenvalue weighted by molar-refractivity contribution is 0.0688. The molecule has 0 bridgehead atoms. The second kappa shape index (κ2) is 5.07. The third kappa shape index (κ3) is 2.50. The lowest BCUT2D eigenvalue weighted by Crippen LogP contribution is -2.28. The number of nitrogens with zero attached hydrogens (tertiary/aromatic N) is 2. The van der Waals surface area contributed by atoms with Gasteiger partial charge in [0.15, 0.2) is 5.69 Å². The summed E-state index contributed by atoms with van der Waals surface area (Å²) in [4.78, 5) is 21.2. The van der Waals surface area contributed by atoms with Gasteiger partial charge in [0, 0.05) is 23.4 Å². The minimum Gasteiger partial charge on any atom is -0.477 e. The third-order valence-electron chi connectivity index (χ3n) is 3.10. The molecule has 19 heavy (non-hydrogen) atoms. The Labute approximate surface area is 114 Å². The molecule has 0 radical (unpaired) electrons. The number of fused-ring (bicyclic) bond motifs is 1. The molecule has 0 spiro atoms. The Balaban J connectivity index is 2.01. The first-order valence-corrected chi connectivity index (χ1v) is 6.97. The van der Waals surface area contributed by atoms with Crippen LogP contribution in [0.3, 0.4) is 0 Å². The molecule has 0 aromatic carbocycles. The number of rotatable bonds is 3. The fourth-order valence-corrected chi connectivity index (χ4v) is 2.94. The molecular weight excluding hydrogens is 262 g/mol. The second-order valence-corrected chi connectivity index (χ2v) is 5.43. The molecule has 1 aliphatic rings. The second-order valence-electron chi connectivity index (χ2n) is 4.40. The van der Waals surface area contributed by atoms with Gasteiger partial charge < -0.3 is 10.4 Å². The average molecular weight is 275 g/mol. The minimum atomic E-state index is -0.965. The predicted octanol–water partition coefficient (Wildman–Crippen LogP) is 1.47. The number of hydrogen-bond donors (Lipinski definition) is 2. The molecule has 0 saturated carbocycles. The minimum absolute atomic E-state index is 0.165. The molecule has 0 atom stereocenters. The highest BCUT2D eigenvalue weighted by Crippen LogP contribution is 2.18. The van der Waals surface area contributed by atoms with Crippen LogP contribution in [0.5, 0.6) is 0 Å². The van der Waals surface area contributed by atoms with E-state index in [0.717, 1.165) is 22.7 Å². The van der Waals surface area contributed by atoms with E-state index in [1.165, 1.54) is 0 Å². The zero-order valence-corrected chi connectivity index (χ0v) is 11.0. The summed E-state index contributed by atoms with van der Waals surface area (Å²) in [5.41, 5.74) is 1.77. The largest absolute Gasteiger partial charge is 0.477 e. The Morgan fingerprint density at radius 2 is 2.37 bits per heavy atom. The van der Waals surface area contributed by atoms with Crippen LogP contribution in [0.4, 0.5) is 0 Å². The number of aromatic nitrogens is 2. The molecule has 2 aromatic rings. The van der Waals surface area contributed by atoms with E-state index in [-0.39, 0.29) is 5.69 Å². The summed E-state index contributed by atoms with van der Waals surface area (Å²) in [6.45, 7) is 1.40. The number of carboxylic acid groups (broad SMARTS) is 1. The van der Waals surface area contributed by atoms with Crippen LogP contribution in [0.1, 0.15) is 32.4 Å². The number of carbonyl (C=O) groups is 1. The van der Waals surface area contributed by atoms with Gasteiger partial charge in [-0.15, -0.1) is 11.3 Å². The van der Waals surface area contributed by atoms with Crippen molar-refractivity contribution in [1.82, 2.24) is 15.3 Å². The zero-order valence-electron chi connectivity index (χ0n) is 10.2. The van der Waals surface area contributed by atoms with Gasteiger partial charge in [-0.25, -0.2) is 14.8 Å². The Hall–Kier alpha value is -1.79. The van der Waals surface area contributed by atoms with Crippen molar-refractivity contribution >= 4 is 17.3 Å². The van der Waals surface area contributed by atoms with Crippen LogP contribution in [-0.4, -0.2) is 27.6 Å². The van der Waals surface area contributed by atoms with Gasteiger partial charge in [-0.3, -0.25) is 0 Å². The molecular formula is C13H13N3O2S. The first-order chi connectivity index (χ1) is 9.24. The van der Waals surface area contributed by atoms with Crippen LogP contribution in [0, 0.1) is 0 Å². The van der Waals surface area contributed by atoms with Crippen LogP contribution in [-0.2, 0) is 19.4 Å². The molecule has 2 aromatic heterocycles.